The Morgan fingerprint density at radius 2 is 1.93 bits per heavy atom. The third kappa shape index (κ3) is 4.78. The summed E-state index contributed by atoms with van der Waals surface area (Å²) in [4.78, 5) is 26.3. The molecule has 1 N–H and O–H groups in total. The topological polar surface area (TPSA) is 67.9 Å². The van der Waals surface area contributed by atoms with E-state index in [2.05, 4.69) is 5.32 Å². The third-order valence-corrected chi connectivity index (χ3v) is 4.52. The molecule has 0 aliphatic carbocycles. The number of hydrogen-bond acceptors (Lipinski definition) is 5. The van der Waals surface area contributed by atoms with Gasteiger partial charge < -0.3 is 19.7 Å². The highest BCUT2D eigenvalue weighted by molar-refractivity contribution is 5.93. The average molecular weight is 368 g/mol. The van der Waals surface area contributed by atoms with Crippen molar-refractivity contribution in [2.24, 2.45) is 0 Å². The van der Waals surface area contributed by atoms with E-state index in [1.807, 2.05) is 47.4 Å². The maximum Gasteiger partial charge on any atom is 0.338 e. The Kier molecular flexibility index (Phi) is 6.30. The lowest BCUT2D eigenvalue weighted by molar-refractivity contribution is -0.119. The number of benzene rings is 2. The van der Waals surface area contributed by atoms with E-state index in [4.69, 9.17) is 9.47 Å². The summed E-state index contributed by atoms with van der Waals surface area (Å²) in [6.45, 7) is 1.89. The normalized spacial score (nSPS) is 12.9. The number of anilines is 1. The molecule has 6 heteroatoms. The minimum Gasteiger partial charge on any atom is -0.492 e. The third-order valence-electron chi connectivity index (χ3n) is 4.52. The number of carbonyl (C=O) groups is 2. The van der Waals surface area contributed by atoms with Crippen LogP contribution in [0.1, 0.15) is 22.3 Å². The molecule has 0 unspecified atom stereocenters. The van der Waals surface area contributed by atoms with Crippen LogP contribution in [0.2, 0.25) is 0 Å². The monoisotopic (exact) mass is 368 g/mol. The number of methoxy groups -OCH3 is 1. The van der Waals surface area contributed by atoms with Crippen molar-refractivity contribution >= 4 is 17.6 Å². The first-order valence-electron chi connectivity index (χ1n) is 9.08. The van der Waals surface area contributed by atoms with Gasteiger partial charge in [0.15, 0.2) is 0 Å². The van der Waals surface area contributed by atoms with Crippen molar-refractivity contribution in [1.29, 1.82) is 0 Å². The SMILES string of the molecule is COC(=O)c1cccc2c1CCCN2CC(=O)NCCOc1ccccc1. The van der Waals surface area contributed by atoms with Gasteiger partial charge in [0, 0.05) is 12.2 Å². The number of nitrogens with zero attached hydrogens (tertiary/aromatic N) is 1. The number of fused-ring (bicyclic) bond motifs is 1. The molecule has 1 amide bonds. The molecule has 1 heterocycles. The molecular formula is C21H24N2O4. The zero-order valence-electron chi connectivity index (χ0n) is 15.4. The summed E-state index contributed by atoms with van der Waals surface area (Å²) in [7, 11) is 1.38. The smallest absolute Gasteiger partial charge is 0.338 e. The maximum absolute atomic E-state index is 12.3. The number of hydrogen-bond donors (Lipinski definition) is 1. The standard InChI is InChI=1S/C21H24N2O4/c1-26-21(25)18-9-5-11-19-17(18)10-6-13-23(19)15-20(24)22-12-14-27-16-7-3-2-4-8-16/h2-5,7-9,11H,6,10,12-15H2,1H3,(H,22,24). The molecule has 0 aromatic heterocycles. The highest BCUT2D eigenvalue weighted by Gasteiger charge is 2.23. The molecule has 3 rings (SSSR count). The lowest BCUT2D eigenvalue weighted by atomic mass is 9.96. The van der Waals surface area contributed by atoms with E-state index in [9.17, 15) is 9.59 Å². The maximum atomic E-state index is 12.3. The van der Waals surface area contributed by atoms with Crippen LogP contribution in [0.5, 0.6) is 5.75 Å². The largest absolute Gasteiger partial charge is 0.492 e. The summed E-state index contributed by atoms with van der Waals surface area (Å²) in [5, 5.41) is 2.88. The molecule has 1 aliphatic rings. The van der Waals surface area contributed by atoms with Gasteiger partial charge in [0.05, 0.1) is 25.8 Å². The Morgan fingerprint density at radius 3 is 2.70 bits per heavy atom. The van der Waals surface area contributed by atoms with Gasteiger partial charge in [-0.05, 0) is 42.7 Å². The van der Waals surface area contributed by atoms with Crippen molar-refractivity contribution in [3.8, 4) is 5.75 Å². The van der Waals surface area contributed by atoms with E-state index in [1.165, 1.54) is 7.11 Å². The van der Waals surface area contributed by atoms with Gasteiger partial charge in [-0.1, -0.05) is 24.3 Å². The minimum atomic E-state index is -0.337. The Labute approximate surface area is 159 Å². The molecule has 2 aromatic carbocycles. The van der Waals surface area contributed by atoms with Crippen LogP contribution in [0.3, 0.4) is 0 Å². The number of ether oxygens (including phenoxy) is 2. The molecule has 1 aliphatic heterocycles. The summed E-state index contributed by atoms with van der Waals surface area (Å²) < 4.78 is 10.4. The second-order valence-electron chi connectivity index (χ2n) is 6.33. The van der Waals surface area contributed by atoms with E-state index in [0.29, 0.717) is 18.7 Å². The summed E-state index contributed by atoms with van der Waals surface area (Å²) >= 11 is 0. The molecule has 0 spiro atoms. The van der Waals surface area contributed by atoms with Crippen LogP contribution in [0.15, 0.2) is 48.5 Å². The fourth-order valence-corrected chi connectivity index (χ4v) is 3.27. The van der Waals surface area contributed by atoms with Gasteiger partial charge in [0.25, 0.3) is 0 Å². The van der Waals surface area contributed by atoms with E-state index >= 15 is 0 Å². The summed E-state index contributed by atoms with van der Waals surface area (Å²) in [6.07, 6.45) is 1.70. The molecule has 0 fully saturated rings. The van der Waals surface area contributed by atoms with Crippen LogP contribution in [-0.4, -0.2) is 45.2 Å². The van der Waals surface area contributed by atoms with Gasteiger partial charge >= 0.3 is 5.97 Å². The molecule has 2 aromatic rings. The summed E-state index contributed by atoms with van der Waals surface area (Å²) in [5.41, 5.74) is 2.46. The predicted molar refractivity (Wildman–Crippen MR) is 103 cm³/mol. The van der Waals surface area contributed by atoms with Crippen molar-refractivity contribution in [1.82, 2.24) is 5.32 Å². The van der Waals surface area contributed by atoms with Gasteiger partial charge in [0.2, 0.25) is 5.91 Å². The molecule has 27 heavy (non-hydrogen) atoms. The van der Waals surface area contributed by atoms with Crippen LogP contribution in [-0.2, 0) is 16.0 Å². The first kappa shape index (κ1) is 18.8. The van der Waals surface area contributed by atoms with Crippen molar-refractivity contribution < 1.29 is 19.1 Å². The van der Waals surface area contributed by atoms with Crippen molar-refractivity contribution in [3.05, 3.63) is 59.7 Å². The zero-order valence-corrected chi connectivity index (χ0v) is 15.4. The Bertz CT molecular complexity index is 792. The Balaban J connectivity index is 1.54. The van der Waals surface area contributed by atoms with Gasteiger partial charge in [0.1, 0.15) is 12.4 Å². The van der Waals surface area contributed by atoms with Gasteiger partial charge in [-0.3, -0.25) is 4.79 Å². The first-order valence-corrected chi connectivity index (χ1v) is 9.08. The molecule has 0 bridgehead atoms. The second-order valence-corrected chi connectivity index (χ2v) is 6.33. The quantitative estimate of drug-likeness (QED) is 0.600. The van der Waals surface area contributed by atoms with Crippen LogP contribution >= 0.6 is 0 Å². The molecule has 0 radical (unpaired) electrons. The number of rotatable bonds is 7. The van der Waals surface area contributed by atoms with Crippen LogP contribution in [0.4, 0.5) is 5.69 Å². The molecule has 0 saturated heterocycles. The molecule has 0 saturated carbocycles. The Hall–Kier alpha value is -3.02. The number of carbonyl (C=O) groups excluding carboxylic acids is 2. The molecule has 0 atom stereocenters. The number of para-hydroxylation sites is 1. The van der Waals surface area contributed by atoms with Gasteiger partial charge in [-0.25, -0.2) is 4.79 Å². The molecular weight excluding hydrogens is 344 g/mol. The summed E-state index contributed by atoms with van der Waals surface area (Å²) in [5.74, 6) is 0.381. The van der Waals surface area contributed by atoms with E-state index < -0.39 is 0 Å². The fraction of sp³-hybridized carbons (Fsp3) is 0.333. The second kappa shape index (κ2) is 9.07. The molecule has 142 valence electrons. The van der Waals surface area contributed by atoms with Gasteiger partial charge in [-0.2, -0.15) is 0 Å². The minimum absolute atomic E-state index is 0.0667. The average Bonchev–Trinajstić information content (AvgIpc) is 2.71. The van der Waals surface area contributed by atoms with Crippen LogP contribution < -0.4 is 15.0 Å². The van der Waals surface area contributed by atoms with Crippen molar-refractivity contribution in [2.45, 2.75) is 12.8 Å². The first-order chi connectivity index (χ1) is 13.2. The number of esters is 1. The zero-order chi connectivity index (χ0) is 19.1. The number of amides is 1. The summed E-state index contributed by atoms with van der Waals surface area (Å²) in [6, 6.07) is 15.1. The highest BCUT2D eigenvalue weighted by Crippen LogP contribution is 2.30. The fourth-order valence-electron chi connectivity index (χ4n) is 3.27. The van der Waals surface area contributed by atoms with E-state index in [-0.39, 0.29) is 18.4 Å². The van der Waals surface area contributed by atoms with Crippen molar-refractivity contribution in [3.63, 3.8) is 0 Å². The number of nitrogens with one attached hydrogen (secondary N) is 1. The van der Waals surface area contributed by atoms with Crippen LogP contribution in [0, 0.1) is 0 Å². The highest BCUT2D eigenvalue weighted by atomic mass is 16.5. The van der Waals surface area contributed by atoms with E-state index in [0.717, 1.165) is 36.4 Å². The van der Waals surface area contributed by atoms with Crippen LogP contribution in [0.25, 0.3) is 0 Å². The lowest BCUT2D eigenvalue weighted by Crippen LogP contribution is -2.41. The Morgan fingerprint density at radius 1 is 1.11 bits per heavy atom. The van der Waals surface area contributed by atoms with E-state index in [1.54, 1.807) is 6.07 Å². The lowest BCUT2D eigenvalue weighted by Gasteiger charge is -2.31. The van der Waals surface area contributed by atoms with Crippen molar-refractivity contribution in [2.75, 3.05) is 38.3 Å². The van der Waals surface area contributed by atoms with Gasteiger partial charge in [-0.15, -0.1) is 0 Å². The predicted octanol–water partition coefficient (Wildman–Crippen LogP) is 2.42. The molecule has 6 nitrogen and oxygen atoms in total.